The van der Waals surface area contributed by atoms with Crippen molar-refractivity contribution in [1.82, 2.24) is 0 Å². The van der Waals surface area contributed by atoms with Crippen molar-refractivity contribution in [2.75, 3.05) is 6.61 Å². The molecule has 0 aliphatic carbocycles. The van der Waals surface area contributed by atoms with Crippen molar-refractivity contribution in [3.8, 4) is 0 Å². The van der Waals surface area contributed by atoms with Gasteiger partial charge in [0.15, 0.2) is 0 Å². The Hall–Kier alpha value is -2.99. The molecule has 0 amide bonds. The fourth-order valence-corrected chi connectivity index (χ4v) is 1.59. The normalized spacial score (nSPS) is 11.6. The van der Waals surface area contributed by atoms with Crippen molar-refractivity contribution in [2.24, 2.45) is 10.1 Å². The second-order valence-corrected chi connectivity index (χ2v) is 5.84. The summed E-state index contributed by atoms with van der Waals surface area (Å²) in [5.41, 5.74) is 0.794. The molecule has 0 saturated carbocycles. The molecule has 134 valence electrons. The topological polar surface area (TPSA) is 107 Å². The molecular formula is C17H20N2O6. The molecule has 1 aromatic carbocycles. The minimum atomic E-state index is -0.493. The minimum absolute atomic E-state index is 0.0647. The highest BCUT2D eigenvalue weighted by atomic mass is 16.8. The van der Waals surface area contributed by atoms with Crippen molar-refractivity contribution < 1.29 is 28.7 Å². The summed E-state index contributed by atoms with van der Waals surface area (Å²) in [6.07, 6.45) is 1.64. The molecule has 1 heterocycles. The lowest BCUT2D eigenvalue weighted by atomic mass is 10.1. The average molecular weight is 348 g/mol. The van der Waals surface area contributed by atoms with Crippen molar-refractivity contribution in [1.29, 1.82) is 0 Å². The summed E-state index contributed by atoms with van der Waals surface area (Å²) in [4.78, 5) is 39.7. The minimum Gasteiger partial charge on any atom is -0.466 e. The van der Waals surface area contributed by atoms with Crippen LogP contribution in [0.3, 0.4) is 0 Å². The van der Waals surface area contributed by atoms with Gasteiger partial charge < -0.3 is 14.3 Å². The highest BCUT2D eigenvalue weighted by molar-refractivity contribution is 6.35. The zero-order valence-corrected chi connectivity index (χ0v) is 14.6. The number of nitrogens with zero attached hydrogens (tertiary/aromatic N) is 2. The maximum atomic E-state index is 11.2. The quantitative estimate of drug-likeness (QED) is 0.459. The molecule has 1 aliphatic rings. The first-order valence-corrected chi connectivity index (χ1v) is 7.56. The molecule has 0 bridgehead atoms. The van der Waals surface area contributed by atoms with Gasteiger partial charge in [-0.25, -0.2) is 9.59 Å². The van der Waals surface area contributed by atoms with Crippen molar-refractivity contribution in [3.63, 3.8) is 0 Å². The summed E-state index contributed by atoms with van der Waals surface area (Å²) in [5, 5.41) is 3.23. The molecule has 8 nitrogen and oxygen atoms in total. The Morgan fingerprint density at radius 1 is 1.32 bits per heavy atom. The number of rotatable bonds is 5. The van der Waals surface area contributed by atoms with Crippen LogP contribution in [0.1, 0.15) is 33.3 Å². The first-order valence-electron chi connectivity index (χ1n) is 7.56. The fourth-order valence-electron chi connectivity index (χ4n) is 1.59. The molecule has 0 spiro atoms. The Morgan fingerprint density at radius 3 is 2.52 bits per heavy atom. The van der Waals surface area contributed by atoms with Crippen LogP contribution in [-0.2, 0) is 35.1 Å². The van der Waals surface area contributed by atoms with Crippen LogP contribution in [-0.4, -0.2) is 36.1 Å². The molecule has 2 rings (SSSR count). The fraction of sp³-hybridized carbons (Fsp3) is 0.412. The Bertz CT molecular complexity index is 699. The van der Waals surface area contributed by atoms with Crippen LogP contribution < -0.4 is 0 Å². The number of carbonyl (C=O) groups excluding carboxylic acids is 3. The van der Waals surface area contributed by atoms with E-state index < -0.39 is 11.6 Å². The van der Waals surface area contributed by atoms with Gasteiger partial charge in [0.2, 0.25) is 6.08 Å². The number of hydrogen-bond donors (Lipinski definition) is 0. The molecule has 1 aromatic rings. The van der Waals surface area contributed by atoms with E-state index in [0.717, 1.165) is 5.56 Å². The first-order chi connectivity index (χ1) is 11.7. The highest BCUT2D eigenvalue weighted by Crippen LogP contribution is 2.14. The van der Waals surface area contributed by atoms with Gasteiger partial charge in [0, 0.05) is 0 Å². The average Bonchev–Trinajstić information content (AvgIpc) is 3.31. The molecular weight excluding hydrogens is 328 g/mol. The van der Waals surface area contributed by atoms with Crippen LogP contribution in [0.5, 0.6) is 0 Å². The van der Waals surface area contributed by atoms with Crippen LogP contribution in [0, 0.1) is 0 Å². The highest BCUT2D eigenvalue weighted by Gasteiger charge is 2.30. The lowest BCUT2D eigenvalue weighted by Crippen LogP contribution is -2.25. The Kier molecular flexibility index (Phi) is 7.49. The SMILES string of the molecule is CC(C)(C)OC(=O)C1=NO1.CCOC(=O)Cc1cccc(N=C=O)c1. The van der Waals surface area contributed by atoms with Gasteiger partial charge in [-0.3, -0.25) is 4.79 Å². The molecule has 0 fully saturated rings. The maximum Gasteiger partial charge on any atom is 0.400 e. The molecule has 0 aromatic heterocycles. The third-order valence-corrected chi connectivity index (χ3v) is 2.50. The van der Waals surface area contributed by atoms with Gasteiger partial charge in [0.25, 0.3) is 0 Å². The summed E-state index contributed by atoms with van der Waals surface area (Å²) in [6.45, 7) is 7.48. The van der Waals surface area contributed by atoms with Crippen LogP contribution in [0.25, 0.3) is 0 Å². The number of benzene rings is 1. The van der Waals surface area contributed by atoms with E-state index in [0.29, 0.717) is 12.3 Å². The molecule has 8 heteroatoms. The maximum absolute atomic E-state index is 11.2. The van der Waals surface area contributed by atoms with E-state index >= 15 is 0 Å². The summed E-state index contributed by atoms with van der Waals surface area (Å²) >= 11 is 0. The first kappa shape index (κ1) is 20.1. The van der Waals surface area contributed by atoms with E-state index in [2.05, 4.69) is 15.0 Å². The number of carbonyl (C=O) groups is 2. The van der Waals surface area contributed by atoms with Gasteiger partial charge in [-0.2, -0.15) is 4.99 Å². The molecule has 25 heavy (non-hydrogen) atoms. The number of isocyanates is 1. The summed E-state index contributed by atoms with van der Waals surface area (Å²) < 4.78 is 9.67. The van der Waals surface area contributed by atoms with Crippen molar-refractivity contribution >= 4 is 29.6 Å². The third-order valence-electron chi connectivity index (χ3n) is 2.50. The monoisotopic (exact) mass is 348 g/mol. The van der Waals surface area contributed by atoms with Gasteiger partial charge in [-0.05, 0) is 50.5 Å². The molecule has 0 radical (unpaired) electrons. The predicted molar refractivity (Wildman–Crippen MR) is 88.9 cm³/mol. The lowest BCUT2D eigenvalue weighted by molar-refractivity contribution is -0.146. The van der Waals surface area contributed by atoms with Gasteiger partial charge in [0.05, 0.1) is 18.7 Å². The van der Waals surface area contributed by atoms with Crippen molar-refractivity contribution in [3.05, 3.63) is 29.8 Å². The van der Waals surface area contributed by atoms with E-state index in [1.54, 1.807) is 52.0 Å². The standard InChI is InChI=1S/C11H11NO3.C6H9NO3/c1-2-15-11(14)7-9-4-3-5-10(6-9)12-8-13;1-6(2,3)9-5(8)4-7-10-4/h3-6H,2,7H2,1H3;1-3H3. The molecule has 0 unspecified atom stereocenters. The summed E-state index contributed by atoms with van der Waals surface area (Å²) in [7, 11) is 0. The van der Waals surface area contributed by atoms with Crippen LogP contribution in [0.4, 0.5) is 5.69 Å². The van der Waals surface area contributed by atoms with Gasteiger partial charge in [0.1, 0.15) is 5.60 Å². The number of hydrogen-bond acceptors (Lipinski definition) is 8. The zero-order chi connectivity index (χ0) is 18.9. The third kappa shape index (κ3) is 9.02. The lowest BCUT2D eigenvalue weighted by Gasteiger charge is -2.16. The molecule has 0 saturated heterocycles. The molecule has 1 aliphatic heterocycles. The van der Waals surface area contributed by atoms with Crippen LogP contribution in [0.2, 0.25) is 0 Å². The molecule has 0 atom stereocenters. The van der Waals surface area contributed by atoms with E-state index in [9.17, 15) is 14.4 Å². The van der Waals surface area contributed by atoms with Gasteiger partial charge >= 0.3 is 17.8 Å². The Labute approximate surface area is 145 Å². The second-order valence-electron chi connectivity index (χ2n) is 5.84. The Balaban J connectivity index is 0.000000271. The number of ether oxygens (including phenoxy) is 2. The smallest absolute Gasteiger partial charge is 0.400 e. The number of oxime groups is 1. The number of aliphatic imine (C=N–C) groups is 1. The van der Waals surface area contributed by atoms with E-state index in [1.165, 1.54) is 6.08 Å². The van der Waals surface area contributed by atoms with Crippen molar-refractivity contribution in [2.45, 2.75) is 39.7 Å². The number of esters is 2. The van der Waals surface area contributed by atoms with Gasteiger partial charge in [-0.15, -0.1) is 0 Å². The van der Waals surface area contributed by atoms with Gasteiger partial charge in [-0.1, -0.05) is 12.1 Å². The Morgan fingerprint density at radius 2 is 2.00 bits per heavy atom. The molecule has 0 N–H and O–H groups in total. The predicted octanol–water partition coefficient (Wildman–Crippen LogP) is 2.43. The van der Waals surface area contributed by atoms with E-state index in [4.69, 9.17) is 9.47 Å². The largest absolute Gasteiger partial charge is 0.466 e. The summed E-state index contributed by atoms with van der Waals surface area (Å²) in [5.74, 6) is -0.716. The zero-order valence-electron chi connectivity index (χ0n) is 14.6. The van der Waals surface area contributed by atoms with E-state index in [1.807, 2.05) is 0 Å². The summed E-state index contributed by atoms with van der Waals surface area (Å²) in [6, 6.07) is 6.83. The van der Waals surface area contributed by atoms with Crippen LogP contribution in [0.15, 0.2) is 34.4 Å². The van der Waals surface area contributed by atoms with E-state index in [-0.39, 0.29) is 18.3 Å². The second kappa shape index (κ2) is 9.34. The van der Waals surface area contributed by atoms with Crippen LogP contribution >= 0.6 is 0 Å².